The molecular weight excluding hydrogens is 264 g/mol. The van der Waals surface area contributed by atoms with Crippen LogP contribution < -0.4 is 0 Å². The van der Waals surface area contributed by atoms with Gasteiger partial charge in [-0.15, -0.1) is 0 Å². The molecule has 0 unspecified atom stereocenters. The Morgan fingerprint density at radius 2 is 2.11 bits per heavy atom. The highest BCUT2D eigenvalue weighted by molar-refractivity contribution is 6.30. The molecule has 1 aliphatic rings. The van der Waals surface area contributed by atoms with Gasteiger partial charge in [0.05, 0.1) is 17.8 Å². The number of aromatic nitrogens is 2. The molecule has 1 aromatic carbocycles. The fraction of sp³-hybridized carbons (Fsp3) is 0.286. The van der Waals surface area contributed by atoms with Gasteiger partial charge in [0.1, 0.15) is 0 Å². The molecule has 98 valence electrons. The SMILES string of the molecule is O=C(O)[C@H]1CCc2c(cnn2-c2ccc(Cl)cc2)C1. The molecular formula is C14H13ClN2O2. The number of carbonyl (C=O) groups is 1. The Bertz CT molecular complexity index is 619. The third-order valence-electron chi connectivity index (χ3n) is 3.57. The zero-order valence-electron chi connectivity index (χ0n) is 10.2. The number of hydrogen-bond acceptors (Lipinski definition) is 2. The smallest absolute Gasteiger partial charge is 0.306 e. The molecule has 0 bridgehead atoms. The highest BCUT2D eigenvalue weighted by atomic mass is 35.5. The quantitative estimate of drug-likeness (QED) is 0.917. The minimum atomic E-state index is -0.718. The van der Waals surface area contributed by atoms with Gasteiger partial charge in [0.15, 0.2) is 0 Å². The molecule has 1 N–H and O–H groups in total. The van der Waals surface area contributed by atoms with Gasteiger partial charge in [-0.2, -0.15) is 5.10 Å². The molecule has 0 fully saturated rings. The van der Waals surface area contributed by atoms with E-state index in [1.54, 1.807) is 6.20 Å². The number of benzene rings is 1. The Balaban J connectivity index is 1.95. The molecule has 1 atom stereocenters. The van der Waals surface area contributed by atoms with Crippen LogP contribution in [0.25, 0.3) is 5.69 Å². The molecule has 0 amide bonds. The number of hydrogen-bond donors (Lipinski definition) is 1. The molecule has 0 saturated heterocycles. The molecule has 4 nitrogen and oxygen atoms in total. The summed E-state index contributed by atoms with van der Waals surface area (Å²) >= 11 is 5.88. The maximum absolute atomic E-state index is 11.0. The summed E-state index contributed by atoms with van der Waals surface area (Å²) in [5, 5.41) is 14.1. The first-order chi connectivity index (χ1) is 9.15. The second-order valence-electron chi connectivity index (χ2n) is 4.78. The van der Waals surface area contributed by atoms with E-state index in [2.05, 4.69) is 5.10 Å². The Kier molecular flexibility index (Phi) is 3.03. The van der Waals surface area contributed by atoms with E-state index >= 15 is 0 Å². The van der Waals surface area contributed by atoms with E-state index in [9.17, 15) is 4.79 Å². The molecule has 2 aromatic rings. The van der Waals surface area contributed by atoms with Crippen molar-refractivity contribution in [3.05, 3.63) is 46.7 Å². The van der Waals surface area contributed by atoms with Crippen LogP contribution in [-0.2, 0) is 17.6 Å². The third-order valence-corrected chi connectivity index (χ3v) is 3.82. The Morgan fingerprint density at radius 1 is 1.37 bits per heavy atom. The lowest BCUT2D eigenvalue weighted by atomic mass is 9.88. The molecule has 1 aromatic heterocycles. The van der Waals surface area contributed by atoms with E-state index in [-0.39, 0.29) is 5.92 Å². The summed E-state index contributed by atoms with van der Waals surface area (Å²) in [6, 6.07) is 7.49. The lowest BCUT2D eigenvalue weighted by Crippen LogP contribution is -2.22. The van der Waals surface area contributed by atoms with Crippen molar-refractivity contribution in [1.29, 1.82) is 0 Å². The summed E-state index contributed by atoms with van der Waals surface area (Å²) in [5.74, 6) is -1.000. The van der Waals surface area contributed by atoms with Crippen LogP contribution in [-0.4, -0.2) is 20.9 Å². The maximum atomic E-state index is 11.0. The van der Waals surface area contributed by atoms with Crippen molar-refractivity contribution >= 4 is 17.6 Å². The first-order valence-electron chi connectivity index (χ1n) is 6.19. The van der Waals surface area contributed by atoms with E-state index < -0.39 is 5.97 Å². The van der Waals surface area contributed by atoms with Crippen LogP contribution in [0.2, 0.25) is 5.02 Å². The second kappa shape index (κ2) is 4.70. The number of fused-ring (bicyclic) bond motifs is 1. The molecule has 1 heterocycles. The van der Waals surface area contributed by atoms with Crippen LogP contribution in [0.5, 0.6) is 0 Å². The maximum Gasteiger partial charge on any atom is 0.306 e. The van der Waals surface area contributed by atoms with Gasteiger partial charge in [0, 0.05) is 10.7 Å². The predicted octanol–water partition coefficient (Wildman–Crippen LogP) is 2.72. The van der Waals surface area contributed by atoms with Crippen molar-refractivity contribution in [3.8, 4) is 5.69 Å². The number of aliphatic carboxylic acids is 1. The van der Waals surface area contributed by atoms with Crippen molar-refractivity contribution in [3.63, 3.8) is 0 Å². The molecule has 3 rings (SSSR count). The van der Waals surface area contributed by atoms with Crippen molar-refractivity contribution in [1.82, 2.24) is 9.78 Å². The monoisotopic (exact) mass is 276 g/mol. The number of rotatable bonds is 2. The Hall–Kier alpha value is -1.81. The zero-order chi connectivity index (χ0) is 13.4. The van der Waals surface area contributed by atoms with Gasteiger partial charge in [0.25, 0.3) is 0 Å². The topological polar surface area (TPSA) is 55.1 Å². The molecule has 1 aliphatic carbocycles. The van der Waals surface area contributed by atoms with Crippen molar-refractivity contribution < 1.29 is 9.90 Å². The second-order valence-corrected chi connectivity index (χ2v) is 5.22. The molecule has 0 aliphatic heterocycles. The summed E-state index contributed by atoms with van der Waals surface area (Å²) < 4.78 is 1.88. The van der Waals surface area contributed by atoms with Gasteiger partial charge in [0.2, 0.25) is 0 Å². The van der Waals surface area contributed by atoms with Gasteiger partial charge in [-0.05, 0) is 49.1 Å². The summed E-state index contributed by atoms with van der Waals surface area (Å²) in [6.45, 7) is 0. The van der Waals surface area contributed by atoms with E-state index in [0.29, 0.717) is 17.9 Å². The largest absolute Gasteiger partial charge is 0.481 e. The summed E-state index contributed by atoms with van der Waals surface area (Å²) in [6.07, 6.45) is 3.76. The van der Waals surface area contributed by atoms with Crippen LogP contribution in [0.4, 0.5) is 0 Å². The predicted molar refractivity (Wildman–Crippen MR) is 71.7 cm³/mol. The molecule has 0 radical (unpaired) electrons. The standard InChI is InChI=1S/C14H13ClN2O2/c15-11-2-4-12(5-3-11)17-13-6-1-9(14(18)19)7-10(13)8-16-17/h2-5,8-9H,1,6-7H2,(H,18,19)/t9-/m0/s1. The highest BCUT2D eigenvalue weighted by Crippen LogP contribution is 2.27. The Morgan fingerprint density at radius 3 is 2.79 bits per heavy atom. The van der Waals surface area contributed by atoms with E-state index in [1.165, 1.54) is 0 Å². The number of halogens is 1. The Labute approximate surface area is 115 Å². The summed E-state index contributed by atoms with van der Waals surface area (Å²) in [7, 11) is 0. The minimum absolute atomic E-state index is 0.282. The summed E-state index contributed by atoms with van der Waals surface area (Å²) in [4.78, 5) is 11.0. The van der Waals surface area contributed by atoms with E-state index in [1.807, 2.05) is 28.9 Å². The zero-order valence-corrected chi connectivity index (χ0v) is 11.0. The average Bonchev–Trinajstić information content (AvgIpc) is 2.82. The first kappa shape index (κ1) is 12.2. The third kappa shape index (κ3) is 2.24. The number of nitrogens with zero attached hydrogens (tertiary/aromatic N) is 2. The van der Waals surface area contributed by atoms with E-state index in [4.69, 9.17) is 16.7 Å². The van der Waals surface area contributed by atoms with Gasteiger partial charge < -0.3 is 5.11 Å². The highest BCUT2D eigenvalue weighted by Gasteiger charge is 2.27. The normalized spacial score (nSPS) is 18.1. The number of carboxylic acid groups (broad SMARTS) is 1. The van der Waals surface area contributed by atoms with Crippen LogP contribution in [0, 0.1) is 5.92 Å². The van der Waals surface area contributed by atoms with Crippen molar-refractivity contribution in [2.45, 2.75) is 19.3 Å². The summed E-state index contributed by atoms with van der Waals surface area (Å²) in [5.41, 5.74) is 3.10. The number of carboxylic acids is 1. The van der Waals surface area contributed by atoms with E-state index in [0.717, 1.165) is 23.4 Å². The molecule has 19 heavy (non-hydrogen) atoms. The van der Waals surface area contributed by atoms with Crippen LogP contribution >= 0.6 is 11.6 Å². The fourth-order valence-electron chi connectivity index (χ4n) is 2.54. The van der Waals surface area contributed by atoms with Crippen molar-refractivity contribution in [2.24, 2.45) is 5.92 Å². The average molecular weight is 277 g/mol. The first-order valence-corrected chi connectivity index (χ1v) is 6.57. The molecule has 0 saturated carbocycles. The minimum Gasteiger partial charge on any atom is -0.481 e. The van der Waals surface area contributed by atoms with Crippen molar-refractivity contribution in [2.75, 3.05) is 0 Å². The fourth-order valence-corrected chi connectivity index (χ4v) is 2.66. The lowest BCUT2D eigenvalue weighted by molar-refractivity contribution is -0.142. The van der Waals surface area contributed by atoms with Crippen LogP contribution in [0.1, 0.15) is 17.7 Å². The van der Waals surface area contributed by atoms with Crippen LogP contribution in [0.15, 0.2) is 30.5 Å². The van der Waals surface area contributed by atoms with Gasteiger partial charge >= 0.3 is 5.97 Å². The van der Waals surface area contributed by atoms with Gasteiger partial charge in [-0.3, -0.25) is 4.79 Å². The molecule has 5 heteroatoms. The molecule has 0 spiro atoms. The van der Waals surface area contributed by atoms with Gasteiger partial charge in [-0.1, -0.05) is 11.6 Å². The lowest BCUT2D eigenvalue weighted by Gasteiger charge is -2.19. The van der Waals surface area contributed by atoms with Crippen LogP contribution in [0.3, 0.4) is 0 Å². The van der Waals surface area contributed by atoms with Gasteiger partial charge in [-0.25, -0.2) is 4.68 Å².